The van der Waals surface area contributed by atoms with E-state index in [2.05, 4.69) is 17.4 Å². The van der Waals surface area contributed by atoms with Crippen LogP contribution in [0.2, 0.25) is 0 Å². The third kappa shape index (κ3) is 9.75. The van der Waals surface area contributed by atoms with E-state index in [1.54, 1.807) is 12.0 Å². The lowest BCUT2D eigenvalue weighted by molar-refractivity contribution is -0.139. The summed E-state index contributed by atoms with van der Waals surface area (Å²) in [7, 11) is 1.59. The zero-order valence-electron chi connectivity index (χ0n) is 24.0. The number of nitrogens with one attached hydrogen (secondary N) is 1. The summed E-state index contributed by atoms with van der Waals surface area (Å²) in [4.78, 5) is 38.5. The molecule has 0 unspecified atom stereocenters. The molecule has 224 valence electrons. The summed E-state index contributed by atoms with van der Waals surface area (Å²) in [5.74, 6) is -1.25. The number of carboxylic acid groups (broad SMARTS) is 1. The predicted molar refractivity (Wildman–Crippen MR) is 154 cm³/mol. The number of benzene rings is 2. The lowest BCUT2D eigenvalue weighted by Crippen LogP contribution is -2.41. The second-order valence-corrected chi connectivity index (χ2v) is 9.92. The quantitative estimate of drug-likeness (QED) is 0.239. The van der Waals surface area contributed by atoms with Crippen molar-refractivity contribution in [1.29, 1.82) is 0 Å². The van der Waals surface area contributed by atoms with Crippen LogP contribution in [0, 0.1) is 0 Å². The average Bonchev–Trinajstić information content (AvgIpc) is 3.29. The first-order chi connectivity index (χ1) is 20.0. The summed E-state index contributed by atoms with van der Waals surface area (Å²) < 4.78 is 21.3. The van der Waals surface area contributed by atoms with E-state index >= 15 is 0 Å². The maximum atomic E-state index is 12.6. The van der Waals surface area contributed by atoms with Gasteiger partial charge in [0.05, 0.1) is 26.4 Å². The SMILES string of the molecule is CCCCOC(=O)N(CCCC[C@@H](NC(=O)OCC1c2ccccc2-c2ccccc21)C(=O)O)CCOCCOC. The molecule has 1 atom stereocenters. The molecule has 0 radical (unpaired) electrons. The number of carboxylic acids is 1. The van der Waals surface area contributed by atoms with Gasteiger partial charge < -0.3 is 34.3 Å². The van der Waals surface area contributed by atoms with Gasteiger partial charge in [0.2, 0.25) is 0 Å². The van der Waals surface area contributed by atoms with Crippen molar-refractivity contribution >= 4 is 18.2 Å². The van der Waals surface area contributed by atoms with Gasteiger partial charge in [0.25, 0.3) is 0 Å². The highest BCUT2D eigenvalue weighted by molar-refractivity contribution is 5.81. The number of carbonyl (C=O) groups is 3. The van der Waals surface area contributed by atoms with Crippen LogP contribution < -0.4 is 5.32 Å². The van der Waals surface area contributed by atoms with Crippen LogP contribution in [0.3, 0.4) is 0 Å². The average molecular weight is 571 g/mol. The molecule has 0 saturated heterocycles. The van der Waals surface area contributed by atoms with Crippen molar-refractivity contribution < 1.29 is 38.4 Å². The molecular formula is C31H42N2O8. The first-order valence-electron chi connectivity index (χ1n) is 14.3. The van der Waals surface area contributed by atoms with Gasteiger partial charge in [-0.25, -0.2) is 14.4 Å². The molecule has 2 N–H and O–H groups in total. The molecule has 0 saturated carbocycles. The van der Waals surface area contributed by atoms with Crippen LogP contribution in [0.15, 0.2) is 48.5 Å². The Balaban J connectivity index is 1.46. The third-order valence-electron chi connectivity index (χ3n) is 7.02. The van der Waals surface area contributed by atoms with Gasteiger partial charge >= 0.3 is 18.2 Å². The molecule has 2 aromatic carbocycles. The van der Waals surface area contributed by atoms with Crippen LogP contribution >= 0.6 is 0 Å². The fourth-order valence-corrected chi connectivity index (χ4v) is 4.80. The number of hydrogen-bond acceptors (Lipinski definition) is 7. The minimum absolute atomic E-state index is 0.105. The highest BCUT2D eigenvalue weighted by Crippen LogP contribution is 2.44. The lowest BCUT2D eigenvalue weighted by Gasteiger charge is -2.22. The van der Waals surface area contributed by atoms with Crippen molar-refractivity contribution in [1.82, 2.24) is 10.2 Å². The first-order valence-corrected chi connectivity index (χ1v) is 14.3. The Labute approximate surface area is 241 Å². The van der Waals surface area contributed by atoms with Gasteiger partial charge in [0.15, 0.2) is 0 Å². The predicted octanol–water partition coefficient (Wildman–Crippen LogP) is 5.05. The number of carbonyl (C=O) groups excluding carboxylic acids is 2. The first kappa shape index (κ1) is 31.9. The molecule has 2 amide bonds. The molecule has 1 aliphatic carbocycles. The molecule has 0 bridgehead atoms. The van der Waals surface area contributed by atoms with Crippen molar-refractivity contribution in [3.8, 4) is 11.1 Å². The van der Waals surface area contributed by atoms with E-state index in [-0.39, 0.29) is 18.9 Å². The van der Waals surface area contributed by atoms with E-state index < -0.39 is 24.2 Å². The highest BCUT2D eigenvalue weighted by atomic mass is 16.6. The van der Waals surface area contributed by atoms with Gasteiger partial charge in [0.1, 0.15) is 12.6 Å². The topological polar surface area (TPSA) is 124 Å². The summed E-state index contributed by atoms with van der Waals surface area (Å²) in [6.07, 6.45) is 1.73. The zero-order chi connectivity index (χ0) is 29.5. The van der Waals surface area contributed by atoms with Crippen LogP contribution in [0.1, 0.15) is 56.1 Å². The summed E-state index contributed by atoms with van der Waals surface area (Å²) in [6.45, 7) is 4.45. The number of alkyl carbamates (subject to hydrolysis) is 1. The minimum Gasteiger partial charge on any atom is -0.480 e. The zero-order valence-corrected chi connectivity index (χ0v) is 24.0. The number of amides is 2. The molecule has 3 rings (SSSR count). The maximum absolute atomic E-state index is 12.6. The Morgan fingerprint density at radius 1 is 0.878 bits per heavy atom. The number of ether oxygens (including phenoxy) is 4. The summed E-state index contributed by atoms with van der Waals surface area (Å²) in [5, 5.41) is 12.2. The Kier molecular flexibility index (Phi) is 13.4. The van der Waals surface area contributed by atoms with E-state index in [9.17, 15) is 19.5 Å². The Hall–Kier alpha value is -3.63. The molecule has 0 aliphatic heterocycles. The normalized spacial score (nSPS) is 12.7. The molecule has 2 aromatic rings. The summed E-state index contributed by atoms with van der Waals surface area (Å²) in [6, 6.07) is 14.9. The second-order valence-electron chi connectivity index (χ2n) is 9.92. The van der Waals surface area contributed by atoms with Gasteiger partial charge in [-0.15, -0.1) is 0 Å². The van der Waals surface area contributed by atoms with E-state index in [1.165, 1.54) is 0 Å². The molecule has 0 heterocycles. The summed E-state index contributed by atoms with van der Waals surface area (Å²) in [5.41, 5.74) is 4.40. The molecule has 41 heavy (non-hydrogen) atoms. The Bertz CT molecular complexity index is 1080. The Morgan fingerprint density at radius 2 is 1.56 bits per heavy atom. The van der Waals surface area contributed by atoms with Crippen LogP contribution in [0.25, 0.3) is 11.1 Å². The lowest BCUT2D eigenvalue weighted by atomic mass is 9.98. The van der Waals surface area contributed by atoms with Gasteiger partial charge in [-0.3, -0.25) is 0 Å². The fraction of sp³-hybridized carbons (Fsp3) is 0.516. The van der Waals surface area contributed by atoms with Crippen molar-refractivity contribution in [2.75, 3.05) is 53.2 Å². The molecule has 1 aliphatic rings. The number of rotatable bonds is 18. The van der Waals surface area contributed by atoms with Crippen molar-refractivity contribution in [2.24, 2.45) is 0 Å². The fourth-order valence-electron chi connectivity index (χ4n) is 4.80. The van der Waals surface area contributed by atoms with Crippen LogP contribution in [-0.4, -0.2) is 87.4 Å². The van der Waals surface area contributed by atoms with Crippen LogP contribution in [0.4, 0.5) is 9.59 Å². The van der Waals surface area contributed by atoms with Crippen LogP contribution in [-0.2, 0) is 23.7 Å². The minimum atomic E-state index is -1.14. The number of methoxy groups -OCH3 is 1. The molecule has 0 spiro atoms. The van der Waals surface area contributed by atoms with E-state index in [4.69, 9.17) is 18.9 Å². The van der Waals surface area contributed by atoms with Gasteiger partial charge in [-0.1, -0.05) is 61.9 Å². The third-order valence-corrected chi connectivity index (χ3v) is 7.02. The van der Waals surface area contributed by atoms with E-state index in [0.29, 0.717) is 52.4 Å². The maximum Gasteiger partial charge on any atom is 0.409 e. The number of unbranched alkanes of at least 4 members (excludes halogenated alkanes) is 2. The molecule has 10 heteroatoms. The Morgan fingerprint density at radius 3 is 2.20 bits per heavy atom. The number of aliphatic carboxylic acids is 1. The molecule has 0 aromatic heterocycles. The molecular weight excluding hydrogens is 528 g/mol. The highest BCUT2D eigenvalue weighted by Gasteiger charge is 2.29. The number of hydrogen-bond donors (Lipinski definition) is 2. The smallest absolute Gasteiger partial charge is 0.409 e. The standard InChI is InChI=1S/C31H42N2O8/c1-3-4-18-40-31(37)33(17-19-39-21-20-38-2)16-10-9-15-28(29(34)35)32-30(36)41-22-27-25-13-7-5-11-23(25)24-12-6-8-14-26(24)27/h5-8,11-14,27-28H,3-4,9-10,15-22H2,1-2H3,(H,32,36)(H,34,35)/t28-/m1/s1. The number of fused-ring (bicyclic) bond motifs is 3. The van der Waals surface area contributed by atoms with E-state index in [0.717, 1.165) is 35.1 Å². The van der Waals surface area contributed by atoms with Gasteiger partial charge in [-0.05, 0) is 47.9 Å². The van der Waals surface area contributed by atoms with E-state index in [1.807, 2.05) is 43.3 Å². The van der Waals surface area contributed by atoms with Gasteiger partial charge in [0, 0.05) is 26.1 Å². The number of nitrogens with zero attached hydrogens (tertiary/aromatic N) is 1. The van der Waals surface area contributed by atoms with Crippen LogP contribution in [0.5, 0.6) is 0 Å². The summed E-state index contributed by atoms with van der Waals surface area (Å²) >= 11 is 0. The van der Waals surface area contributed by atoms with Crippen molar-refractivity contribution in [3.05, 3.63) is 59.7 Å². The van der Waals surface area contributed by atoms with Crippen molar-refractivity contribution in [3.63, 3.8) is 0 Å². The van der Waals surface area contributed by atoms with Gasteiger partial charge in [-0.2, -0.15) is 0 Å². The monoisotopic (exact) mass is 570 g/mol. The largest absolute Gasteiger partial charge is 0.480 e. The van der Waals surface area contributed by atoms with Crippen molar-refractivity contribution in [2.45, 2.75) is 51.0 Å². The molecule has 0 fully saturated rings. The molecule has 10 nitrogen and oxygen atoms in total. The second kappa shape index (κ2) is 17.2.